The molecule has 0 saturated heterocycles. The summed E-state index contributed by atoms with van der Waals surface area (Å²) in [6.07, 6.45) is -2.82. The van der Waals surface area contributed by atoms with Gasteiger partial charge in [0.05, 0.1) is 23.6 Å². The zero-order valence-electron chi connectivity index (χ0n) is 12.5. The van der Waals surface area contributed by atoms with Gasteiger partial charge in [-0.05, 0) is 30.3 Å². The Kier molecular flexibility index (Phi) is 4.40. The number of allylic oxidation sites excluding steroid dienone is 1. The number of hydrogen-bond acceptors (Lipinski definition) is 3. The number of nitrogens with two attached hydrogens (primary N) is 1. The molecule has 2 aromatic rings. The number of nitrogens with one attached hydrogen (secondary N) is 1. The van der Waals surface area contributed by atoms with Gasteiger partial charge in [-0.1, -0.05) is 29.8 Å². The Morgan fingerprint density at radius 3 is 2.50 bits per heavy atom. The summed E-state index contributed by atoms with van der Waals surface area (Å²) in [5.41, 5.74) is 6.54. The monoisotopic (exact) mass is 349 g/mol. The minimum Gasteiger partial charge on any atom is -0.396 e. The SMILES string of the molecule is N/C(=C1\NCC(=O)N(c2ccc(Cl)cc2)c2ccccc21)C(F)F. The molecule has 0 atom stereocenters. The standard InChI is InChI=1S/C17H14ClF2N3O/c18-10-5-7-11(8-6-10)23-13-4-2-1-3-12(13)16(15(21)17(19)20)22-9-14(23)24/h1-8,17,22H,9,21H2/b16-15-. The van der Waals surface area contributed by atoms with Gasteiger partial charge in [-0.2, -0.15) is 0 Å². The molecule has 1 aliphatic rings. The van der Waals surface area contributed by atoms with E-state index in [1.807, 2.05) is 0 Å². The van der Waals surface area contributed by atoms with Gasteiger partial charge in [0, 0.05) is 16.3 Å². The second kappa shape index (κ2) is 6.49. The van der Waals surface area contributed by atoms with Crippen LogP contribution in [0.15, 0.2) is 54.2 Å². The van der Waals surface area contributed by atoms with E-state index >= 15 is 0 Å². The van der Waals surface area contributed by atoms with E-state index < -0.39 is 12.1 Å². The van der Waals surface area contributed by atoms with Crippen LogP contribution in [0.5, 0.6) is 0 Å². The second-order valence-corrected chi connectivity index (χ2v) is 5.64. The Balaban J connectivity index is 2.20. The van der Waals surface area contributed by atoms with Crippen molar-refractivity contribution in [2.24, 2.45) is 5.73 Å². The topological polar surface area (TPSA) is 58.4 Å². The summed E-state index contributed by atoms with van der Waals surface area (Å²) in [7, 11) is 0. The largest absolute Gasteiger partial charge is 0.396 e. The highest BCUT2D eigenvalue weighted by Crippen LogP contribution is 2.35. The van der Waals surface area contributed by atoms with Gasteiger partial charge >= 0.3 is 0 Å². The molecule has 4 nitrogen and oxygen atoms in total. The van der Waals surface area contributed by atoms with Crippen LogP contribution in [-0.4, -0.2) is 18.9 Å². The van der Waals surface area contributed by atoms with Gasteiger partial charge in [0.2, 0.25) is 0 Å². The fraction of sp³-hybridized carbons (Fsp3) is 0.118. The first-order valence-electron chi connectivity index (χ1n) is 7.18. The molecule has 24 heavy (non-hydrogen) atoms. The Morgan fingerprint density at radius 2 is 1.83 bits per heavy atom. The van der Waals surface area contributed by atoms with Crippen LogP contribution in [0.25, 0.3) is 5.70 Å². The molecule has 0 fully saturated rings. The first kappa shape index (κ1) is 16.3. The number of halogens is 3. The lowest BCUT2D eigenvalue weighted by Gasteiger charge is -2.22. The maximum atomic E-state index is 13.1. The van der Waals surface area contributed by atoms with Crippen LogP contribution < -0.4 is 16.0 Å². The van der Waals surface area contributed by atoms with Gasteiger partial charge in [-0.15, -0.1) is 0 Å². The third-order valence-corrected chi connectivity index (χ3v) is 3.94. The van der Waals surface area contributed by atoms with Crippen molar-refractivity contribution in [3.63, 3.8) is 0 Å². The highest BCUT2D eigenvalue weighted by molar-refractivity contribution is 6.30. The average molecular weight is 350 g/mol. The van der Waals surface area contributed by atoms with E-state index in [1.54, 1.807) is 48.5 Å². The molecule has 7 heteroatoms. The molecule has 0 bridgehead atoms. The summed E-state index contributed by atoms with van der Waals surface area (Å²) in [4.78, 5) is 14.0. The van der Waals surface area contributed by atoms with E-state index in [-0.39, 0.29) is 18.1 Å². The number of fused-ring (bicyclic) bond motifs is 1. The minimum atomic E-state index is -2.82. The number of anilines is 2. The van der Waals surface area contributed by atoms with Crippen molar-refractivity contribution in [3.8, 4) is 0 Å². The van der Waals surface area contributed by atoms with Gasteiger partial charge in [0.25, 0.3) is 12.3 Å². The maximum Gasteiger partial charge on any atom is 0.279 e. The zero-order valence-corrected chi connectivity index (χ0v) is 13.2. The van der Waals surface area contributed by atoms with Crippen molar-refractivity contribution in [1.29, 1.82) is 0 Å². The Hall–Kier alpha value is -2.60. The number of alkyl halides is 2. The minimum absolute atomic E-state index is 0.0745. The van der Waals surface area contributed by atoms with Crippen LogP contribution in [-0.2, 0) is 4.79 Å². The van der Waals surface area contributed by atoms with Crippen LogP contribution in [0.1, 0.15) is 5.56 Å². The van der Waals surface area contributed by atoms with Gasteiger partial charge in [-0.25, -0.2) is 8.78 Å². The van der Waals surface area contributed by atoms with Gasteiger partial charge < -0.3 is 11.1 Å². The molecule has 0 unspecified atom stereocenters. The van der Waals surface area contributed by atoms with Gasteiger partial charge in [0.15, 0.2) is 0 Å². The second-order valence-electron chi connectivity index (χ2n) is 5.21. The van der Waals surface area contributed by atoms with Crippen molar-refractivity contribution in [2.45, 2.75) is 6.43 Å². The molecule has 2 aromatic carbocycles. The van der Waals surface area contributed by atoms with Crippen LogP contribution in [0, 0.1) is 0 Å². The molecule has 0 aromatic heterocycles. The summed E-state index contributed by atoms with van der Waals surface area (Å²) in [6, 6.07) is 13.5. The quantitative estimate of drug-likeness (QED) is 0.872. The average Bonchev–Trinajstić information content (AvgIpc) is 2.71. The van der Waals surface area contributed by atoms with E-state index in [0.717, 1.165) is 0 Å². The van der Waals surface area contributed by atoms with Crippen molar-refractivity contribution in [2.75, 3.05) is 11.4 Å². The highest BCUT2D eigenvalue weighted by atomic mass is 35.5. The molecule has 3 N–H and O–H groups in total. The lowest BCUT2D eigenvalue weighted by atomic mass is 10.1. The van der Waals surface area contributed by atoms with Crippen molar-refractivity contribution >= 4 is 34.6 Å². The number of benzene rings is 2. The lowest BCUT2D eigenvalue weighted by Crippen LogP contribution is -2.32. The number of carbonyl (C=O) groups is 1. The molecule has 1 heterocycles. The summed E-state index contributed by atoms with van der Waals surface area (Å²) >= 11 is 5.90. The van der Waals surface area contributed by atoms with E-state index in [0.29, 0.717) is 22.0 Å². The molecule has 3 rings (SSSR count). The fourth-order valence-corrected chi connectivity index (χ4v) is 2.72. The number of rotatable bonds is 2. The summed E-state index contributed by atoms with van der Waals surface area (Å²) in [6.45, 7) is -0.153. The molecular weight excluding hydrogens is 336 g/mol. The molecule has 0 saturated carbocycles. The van der Waals surface area contributed by atoms with Gasteiger partial charge in [-0.3, -0.25) is 9.69 Å². The maximum absolute atomic E-state index is 13.1. The summed E-state index contributed by atoms with van der Waals surface area (Å²) in [5, 5.41) is 3.27. The third kappa shape index (κ3) is 2.92. The van der Waals surface area contributed by atoms with Crippen molar-refractivity contribution < 1.29 is 13.6 Å². The first-order valence-corrected chi connectivity index (χ1v) is 7.56. The van der Waals surface area contributed by atoms with Crippen LogP contribution in [0.3, 0.4) is 0 Å². The normalized spacial score (nSPS) is 16.5. The molecule has 124 valence electrons. The van der Waals surface area contributed by atoms with Gasteiger partial charge in [0.1, 0.15) is 0 Å². The third-order valence-electron chi connectivity index (χ3n) is 3.69. The molecule has 0 spiro atoms. The Bertz CT molecular complexity index is 806. The number of carbonyl (C=O) groups excluding carboxylic acids is 1. The molecule has 1 amide bonds. The van der Waals surface area contributed by atoms with Crippen molar-refractivity contribution in [3.05, 3.63) is 64.8 Å². The van der Waals surface area contributed by atoms with E-state index in [1.165, 1.54) is 4.90 Å². The first-order chi connectivity index (χ1) is 11.5. The molecule has 0 aliphatic carbocycles. The Morgan fingerprint density at radius 1 is 1.17 bits per heavy atom. The molecule has 1 aliphatic heterocycles. The van der Waals surface area contributed by atoms with Crippen LogP contribution in [0.4, 0.5) is 20.2 Å². The number of para-hydroxylation sites is 1. The number of amides is 1. The summed E-state index contributed by atoms with van der Waals surface area (Å²) in [5.74, 6) is -0.290. The van der Waals surface area contributed by atoms with E-state index in [9.17, 15) is 13.6 Å². The van der Waals surface area contributed by atoms with Crippen LogP contribution >= 0.6 is 11.6 Å². The molecule has 0 radical (unpaired) electrons. The number of nitrogens with zero attached hydrogens (tertiary/aromatic N) is 1. The smallest absolute Gasteiger partial charge is 0.279 e. The predicted molar refractivity (Wildman–Crippen MR) is 90.2 cm³/mol. The zero-order chi connectivity index (χ0) is 17.3. The van der Waals surface area contributed by atoms with E-state index in [2.05, 4.69) is 5.32 Å². The highest BCUT2D eigenvalue weighted by Gasteiger charge is 2.28. The van der Waals surface area contributed by atoms with Crippen LogP contribution in [0.2, 0.25) is 5.02 Å². The van der Waals surface area contributed by atoms with Crippen molar-refractivity contribution in [1.82, 2.24) is 5.32 Å². The Labute approximate surface area is 142 Å². The fourth-order valence-electron chi connectivity index (χ4n) is 2.59. The van der Waals surface area contributed by atoms with E-state index in [4.69, 9.17) is 17.3 Å². The predicted octanol–water partition coefficient (Wildman–Crippen LogP) is 3.50. The molecular formula is C17H14ClF2N3O. The summed E-state index contributed by atoms with van der Waals surface area (Å²) < 4.78 is 26.1. The number of hydrogen-bond donors (Lipinski definition) is 2. The lowest BCUT2D eigenvalue weighted by molar-refractivity contribution is -0.116.